The molecule has 0 spiro atoms. The highest BCUT2D eigenvalue weighted by molar-refractivity contribution is 9.10. The van der Waals surface area contributed by atoms with Crippen LogP contribution in [0.2, 0.25) is 0 Å². The Labute approximate surface area is 103 Å². The molecule has 6 heteroatoms. The second kappa shape index (κ2) is 4.97. The monoisotopic (exact) mass is 289 g/mol. The van der Waals surface area contributed by atoms with Crippen LogP contribution in [0.3, 0.4) is 0 Å². The summed E-state index contributed by atoms with van der Waals surface area (Å²) in [4.78, 5) is 11.4. The zero-order valence-electron chi connectivity index (χ0n) is 9.61. The number of ether oxygens (including phenoxy) is 1. The number of aromatic nitrogens is 2. The number of nitrogens with two attached hydrogens (primary N) is 1. The lowest BCUT2D eigenvalue weighted by atomic mass is 9.95. The molecule has 1 aromatic rings. The fourth-order valence-corrected chi connectivity index (χ4v) is 1.88. The molecular formula is C10H16BrN3O2. The number of esters is 1. The fraction of sp³-hybridized carbons (Fsp3) is 0.600. The van der Waals surface area contributed by atoms with Gasteiger partial charge in [0.05, 0.1) is 23.8 Å². The molecule has 2 N–H and O–H groups in total. The van der Waals surface area contributed by atoms with Crippen molar-refractivity contribution in [1.29, 1.82) is 0 Å². The number of methoxy groups -OCH3 is 1. The molecule has 1 heterocycles. The molecule has 2 atom stereocenters. The number of nitrogens with zero attached hydrogens (tertiary/aromatic N) is 2. The molecule has 0 saturated heterocycles. The Balaban J connectivity index is 2.70. The van der Waals surface area contributed by atoms with Crippen molar-refractivity contribution in [3.05, 3.63) is 16.9 Å². The van der Waals surface area contributed by atoms with E-state index in [4.69, 9.17) is 5.73 Å². The van der Waals surface area contributed by atoms with Crippen LogP contribution in [0, 0.1) is 0 Å². The van der Waals surface area contributed by atoms with Gasteiger partial charge >= 0.3 is 5.97 Å². The summed E-state index contributed by atoms with van der Waals surface area (Å²) >= 11 is 3.32. The summed E-state index contributed by atoms with van der Waals surface area (Å²) in [6, 6.07) is 0.0281. The van der Waals surface area contributed by atoms with Crippen LogP contribution in [0.1, 0.15) is 26.3 Å². The summed E-state index contributed by atoms with van der Waals surface area (Å²) in [7, 11) is 1.34. The van der Waals surface area contributed by atoms with Crippen LogP contribution < -0.4 is 5.73 Å². The standard InChI is InChI=1S/C10H16BrN3O2/c1-7(14-6-8(11)5-13-14)4-10(2,12)9(15)16-3/h5-7H,4,12H2,1-3H3. The first-order valence-corrected chi connectivity index (χ1v) is 5.73. The largest absolute Gasteiger partial charge is 0.468 e. The van der Waals surface area contributed by atoms with Gasteiger partial charge in [0, 0.05) is 6.20 Å². The Morgan fingerprint density at radius 2 is 2.44 bits per heavy atom. The Kier molecular flexibility index (Phi) is 4.09. The molecule has 0 aliphatic heterocycles. The molecule has 1 aromatic heterocycles. The summed E-state index contributed by atoms with van der Waals surface area (Å²) in [6.07, 6.45) is 4.01. The van der Waals surface area contributed by atoms with E-state index in [9.17, 15) is 4.79 Å². The highest BCUT2D eigenvalue weighted by Crippen LogP contribution is 2.21. The molecule has 0 amide bonds. The lowest BCUT2D eigenvalue weighted by Gasteiger charge is -2.25. The van der Waals surface area contributed by atoms with Gasteiger partial charge in [0.15, 0.2) is 0 Å². The first kappa shape index (κ1) is 13.2. The van der Waals surface area contributed by atoms with Gasteiger partial charge in [0.2, 0.25) is 0 Å². The van der Waals surface area contributed by atoms with Crippen LogP contribution in [0.4, 0.5) is 0 Å². The summed E-state index contributed by atoms with van der Waals surface area (Å²) in [5.74, 6) is -0.412. The third-order valence-corrected chi connectivity index (χ3v) is 2.80. The molecule has 1 rings (SSSR count). The zero-order chi connectivity index (χ0) is 12.3. The van der Waals surface area contributed by atoms with E-state index in [0.717, 1.165) is 4.47 Å². The van der Waals surface area contributed by atoms with E-state index in [-0.39, 0.29) is 6.04 Å². The van der Waals surface area contributed by atoms with Crippen molar-refractivity contribution in [3.8, 4) is 0 Å². The molecule has 16 heavy (non-hydrogen) atoms. The molecule has 0 aliphatic carbocycles. The molecule has 0 radical (unpaired) electrons. The molecule has 0 fully saturated rings. The Hall–Kier alpha value is -0.880. The lowest BCUT2D eigenvalue weighted by Crippen LogP contribution is -2.47. The molecule has 0 aromatic carbocycles. The summed E-state index contributed by atoms with van der Waals surface area (Å²) in [6.45, 7) is 3.61. The minimum Gasteiger partial charge on any atom is -0.468 e. The van der Waals surface area contributed by atoms with Crippen LogP contribution in [-0.4, -0.2) is 28.4 Å². The number of carbonyl (C=O) groups excluding carboxylic acids is 1. The van der Waals surface area contributed by atoms with Gasteiger partial charge in [-0.2, -0.15) is 5.10 Å². The van der Waals surface area contributed by atoms with Gasteiger partial charge in [0.25, 0.3) is 0 Å². The van der Waals surface area contributed by atoms with Crippen molar-refractivity contribution >= 4 is 21.9 Å². The molecule has 2 unspecified atom stereocenters. The maximum absolute atomic E-state index is 11.4. The number of hydrogen-bond donors (Lipinski definition) is 1. The van der Waals surface area contributed by atoms with Gasteiger partial charge in [0.1, 0.15) is 5.54 Å². The molecular weight excluding hydrogens is 274 g/mol. The summed E-state index contributed by atoms with van der Waals surface area (Å²) in [5.41, 5.74) is 4.90. The molecule has 5 nitrogen and oxygen atoms in total. The predicted molar refractivity (Wildman–Crippen MR) is 63.9 cm³/mol. The number of rotatable bonds is 4. The van der Waals surface area contributed by atoms with Gasteiger partial charge in [-0.3, -0.25) is 9.48 Å². The highest BCUT2D eigenvalue weighted by Gasteiger charge is 2.32. The van der Waals surface area contributed by atoms with E-state index in [0.29, 0.717) is 6.42 Å². The van der Waals surface area contributed by atoms with E-state index in [1.165, 1.54) is 7.11 Å². The van der Waals surface area contributed by atoms with Crippen LogP contribution in [-0.2, 0) is 9.53 Å². The maximum atomic E-state index is 11.4. The van der Waals surface area contributed by atoms with E-state index < -0.39 is 11.5 Å². The Bertz CT molecular complexity index is 376. The van der Waals surface area contributed by atoms with E-state index in [1.807, 2.05) is 13.1 Å². The molecule has 0 bridgehead atoms. The average Bonchev–Trinajstić information content (AvgIpc) is 2.63. The first-order valence-electron chi connectivity index (χ1n) is 4.94. The third kappa shape index (κ3) is 3.05. The van der Waals surface area contributed by atoms with Crippen molar-refractivity contribution in [2.24, 2.45) is 5.73 Å². The maximum Gasteiger partial charge on any atom is 0.325 e. The van der Waals surface area contributed by atoms with E-state index >= 15 is 0 Å². The van der Waals surface area contributed by atoms with Crippen LogP contribution in [0.5, 0.6) is 0 Å². The quantitative estimate of drug-likeness (QED) is 0.853. The lowest BCUT2D eigenvalue weighted by molar-refractivity contribution is -0.147. The van der Waals surface area contributed by atoms with Crippen molar-refractivity contribution in [2.45, 2.75) is 31.8 Å². The van der Waals surface area contributed by atoms with E-state index in [2.05, 4.69) is 25.8 Å². The topological polar surface area (TPSA) is 70.1 Å². The summed E-state index contributed by atoms with van der Waals surface area (Å²) < 4.78 is 7.32. The van der Waals surface area contributed by atoms with E-state index in [1.54, 1.807) is 17.8 Å². The smallest absolute Gasteiger partial charge is 0.325 e. The van der Waals surface area contributed by atoms with Crippen molar-refractivity contribution in [3.63, 3.8) is 0 Å². The van der Waals surface area contributed by atoms with Gasteiger partial charge in [-0.25, -0.2) is 0 Å². The number of carbonyl (C=O) groups is 1. The minimum absolute atomic E-state index is 0.0281. The van der Waals surface area contributed by atoms with Crippen molar-refractivity contribution in [1.82, 2.24) is 9.78 Å². The Morgan fingerprint density at radius 1 is 1.81 bits per heavy atom. The van der Waals surface area contributed by atoms with Crippen LogP contribution >= 0.6 is 15.9 Å². The van der Waals surface area contributed by atoms with Gasteiger partial charge in [-0.15, -0.1) is 0 Å². The molecule has 0 saturated carbocycles. The van der Waals surface area contributed by atoms with Crippen LogP contribution in [0.25, 0.3) is 0 Å². The normalized spacial score (nSPS) is 16.6. The van der Waals surface area contributed by atoms with Gasteiger partial charge < -0.3 is 10.5 Å². The molecule has 0 aliphatic rings. The number of hydrogen-bond acceptors (Lipinski definition) is 4. The highest BCUT2D eigenvalue weighted by atomic mass is 79.9. The SMILES string of the molecule is COC(=O)C(C)(N)CC(C)n1cc(Br)cn1. The molecule has 90 valence electrons. The van der Waals surface area contributed by atoms with Crippen molar-refractivity contribution < 1.29 is 9.53 Å². The Morgan fingerprint density at radius 3 is 2.88 bits per heavy atom. The average molecular weight is 290 g/mol. The predicted octanol–water partition coefficient (Wildman–Crippen LogP) is 1.49. The minimum atomic E-state index is -0.993. The van der Waals surface area contributed by atoms with Gasteiger partial charge in [-0.05, 0) is 36.2 Å². The second-order valence-corrected chi connectivity index (χ2v) is 5.02. The van der Waals surface area contributed by atoms with Crippen molar-refractivity contribution in [2.75, 3.05) is 7.11 Å². The fourth-order valence-electron chi connectivity index (χ4n) is 1.58. The zero-order valence-corrected chi connectivity index (χ0v) is 11.2. The van der Waals surface area contributed by atoms with Crippen LogP contribution in [0.15, 0.2) is 16.9 Å². The second-order valence-electron chi connectivity index (χ2n) is 4.10. The first-order chi connectivity index (χ1) is 7.36. The summed E-state index contributed by atoms with van der Waals surface area (Å²) in [5, 5.41) is 4.15. The third-order valence-electron chi connectivity index (χ3n) is 2.39. The van der Waals surface area contributed by atoms with Gasteiger partial charge in [-0.1, -0.05) is 0 Å². The number of halogens is 1.